The number of rotatable bonds is 5. The summed E-state index contributed by atoms with van der Waals surface area (Å²) in [5.41, 5.74) is 7.54. The Kier molecular flexibility index (Phi) is 5.11. The molecule has 0 aliphatic carbocycles. The van der Waals surface area contributed by atoms with Crippen molar-refractivity contribution in [3.8, 4) is 0 Å². The first-order valence-electron chi connectivity index (χ1n) is 7.12. The molecular formula is C16H21N3O2. The van der Waals surface area contributed by atoms with E-state index in [2.05, 4.69) is 23.2 Å². The molecule has 1 aromatic rings. The molecule has 1 aliphatic heterocycles. The molecule has 0 radical (unpaired) electrons. The lowest BCUT2D eigenvalue weighted by Gasteiger charge is -2.25. The minimum absolute atomic E-state index is 0.130. The van der Waals surface area contributed by atoms with Crippen molar-refractivity contribution < 1.29 is 9.59 Å². The molecule has 5 heteroatoms. The zero-order valence-corrected chi connectivity index (χ0v) is 12.3. The standard InChI is InChI=1S/C16H21N3O2/c1-12-6-9-19(10-7-12)11-8-18-16(21)14-4-2-13(3-5-14)15(17)20/h2-6H,7-11H2,1H3,(H2,17,20)(H,18,21). The topological polar surface area (TPSA) is 75.4 Å². The second-order valence-corrected chi connectivity index (χ2v) is 5.30. The maximum atomic E-state index is 12.0. The van der Waals surface area contributed by atoms with Crippen molar-refractivity contribution in [3.63, 3.8) is 0 Å². The monoisotopic (exact) mass is 287 g/mol. The summed E-state index contributed by atoms with van der Waals surface area (Å²) in [5.74, 6) is -0.620. The summed E-state index contributed by atoms with van der Waals surface area (Å²) in [6.07, 6.45) is 3.33. The number of primary amides is 1. The summed E-state index contributed by atoms with van der Waals surface area (Å²) in [4.78, 5) is 25.2. The number of benzene rings is 1. The highest BCUT2D eigenvalue weighted by Gasteiger charge is 2.10. The van der Waals surface area contributed by atoms with Crippen molar-refractivity contribution in [1.82, 2.24) is 10.2 Å². The molecule has 112 valence electrons. The molecule has 1 aromatic carbocycles. The fraction of sp³-hybridized carbons (Fsp3) is 0.375. The summed E-state index contributed by atoms with van der Waals surface area (Å²) in [6.45, 7) is 5.60. The van der Waals surface area contributed by atoms with Crippen LogP contribution < -0.4 is 11.1 Å². The summed E-state index contributed by atoms with van der Waals surface area (Å²) in [7, 11) is 0. The van der Waals surface area contributed by atoms with Crippen LogP contribution >= 0.6 is 0 Å². The summed E-state index contributed by atoms with van der Waals surface area (Å²) >= 11 is 0. The van der Waals surface area contributed by atoms with Crippen molar-refractivity contribution in [2.24, 2.45) is 5.73 Å². The molecule has 0 saturated heterocycles. The van der Waals surface area contributed by atoms with Crippen molar-refractivity contribution in [2.45, 2.75) is 13.3 Å². The zero-order valence-electron chi connectivity index (χ0n) is 12.3. The van der Waals surface area contributed by atoms with Crippen LogP contribution in [0.25, 0.3) is 0 Å². The molecule has 0 atom stereocenters. The number of hydrogen-bond acceptors (Lipinski definition) is 3. The molecule has 21 heavy (non-hydrogen) atoms. The van der Waals surface area contributed by atoms with E-state index in [9.17, 15) is 9.59 Å². The fourth-order valence-corrected chi connectivity index (χ4v) is 2.23. The Morgan fingerprint density at radius 2 is 1.90 bits per heavy atom. The van der Waals surface area contributed by atoms with Gasteiger partial charge in [0.15, 0.2) is 0 Å². The molecule has 5 nitrogen and oxygen atoms in total. The Bertz CT molecular complexity index is 549. The van der Waals surface area contributed by atoms with E-state index in [1.54, 1.807) is 24.3 Å². The van der Waals surface area contributed by atoms with Crippen LogP contribution in [0.5, 0.6) is 0 Å². The quantitative estimate of drug-likeness (QED) is 0.798. The largest absolute Gasteiger partial charge is 0.366 e. The van der Waals surface area contributed by atoms with E-state index in [0.717, 1.165) is 26.1 Å². The van der Waals surface area contributed by atoms with Gasteiger partial charge in [0.2, 0.25) is 5.91 Å². The van der Waals surface area contributed by atoms with Gasteiger partial charge in [-0.3, -0.25) is 14.5 Å². The third-order valence-electron chi connectivity index (χ3n) is 3.67. The molecule has 0 fully saturated rings. The molecule has 1 aliphatic rings. The lowest BCUT2D eigenvalue weighted by Crippen LogP contribution is -2.37. The highest BCUT2D eigenvalue weighted by molar-refractivity contribution is 5.97. The number of carbonyl (C=O) groups excluding carboxylic acids is 2. The summed E-state index contributed by atoms with van der Waals surface area (Å²) in [6, 6.07) is 6.36. The van der Waals surface area contributed by atoms with Gasteiger partial charge in [-0.05, 0) is 37.6 Å². The summed E-state index contributed by atoms with van der Waals surface area (Å²) < 4.78 is 0. The molecule has 0 spiro atoms. The van der Waals surface area contributed by atoms with Crippen LogP contribution in [0, 0.1) is 0 Å². The Morgan fingerprint density at radius 3 is 2.48 bits per heavy atom. The second-order valence-electron chi connectivity index (χ2n) is 5.30. The SMILES string of the molecule is CC1=CCN(CCNC(=O)c2ccc(C(N)=O)cc2)CC1. The highest BCUT2D eigenvalue weighted by Crippen LogP contribution is 2.08. The molecule has 1 heterocycles. The van der Waals surface area contributed by atoms with Crippen LogP contribution in [0.4, 0.5) is 0 Å². The van der Waals surface area contributed by atoms with Crippen molar-refractivity contribution in [1.29, 1.82) is 0 Å². The molecule has 0 unspecified atom stereocenters. The predicted molar refractivity (Wildman–Crippen MR) is 82.1 cm³/mol. The zero-order chi connectivity index (χ0) is 15.2. The van der Waals surface area contributed by atoms with Gasteiger partial charge in [0, 0.05) is 37.3 Å². The van der Waals surface area contributed by atoms with Gasteiger partial charge in [0.05, 0.1) is 0 Å². The molecule has 0 aromatic heterocycles. The lowest BCUT2D eigenvalue weighted by molar-refractivity contribution is 0.0946. The summed E-state index contributed by atoms with van der Waals surface area (Å²) in [5, 5.41) is 2.89. The minimum atomic E-state index is -0.490. The lowest BCUT2D eigenvalue weighted by atomic mass is 10.1. The molecular weight excluding hydrogens is 266 g/mol. The average Bonchev–Trinajstić information content (AvgIpc) is 2.49. The third-order valence-corrected chi connectivity index (χ3v) is 3.67. The first-order valence-corrected chi connectivity index (χ1v) is 7.12. The van der Waals surface area contributed by atoms with Crippen molar-refractivity contribution in [2.75, 3.05) is 26.2 Å². The number of nitrogens with two attached hydrogens (primary N) is 1. The number of nitrogens with one attached hydrogen (secondary N) is 1. The van der Waals surface area contributed by atoms with E-state index in [1.807, 2.05) is 0 Å². The van der Waals surface area contributed by atoms with Crippen molar-refractivity contribution >= 4 is 11.8 Å². The average molecular weight is 287 g/mol. The molecule has 2 rings (SSSR count). The maximum absolute atomic E-state index is 12.0. The van der Waals surface area contributed by atoms with E-state index in [-0.39, 0.29) is 5.91 Å². The first kappa shape index (κ1) is 15.3. The van der Waals surface area contributed by atoms with Crippen LogP contribution in [0.2, 0.25) is 0 Å². The smallest absolute Gasteiger partial charge is 0.251 e. The maximum Gasteiger partial charge on any atom is 0.251 e. The van der Waals surface area contributed by atoms with Crippen LogP contribution in [0.1, 0.15) is 34.1 Å². The minimum Gasteiger partial charge on any atom is -0.366 e. The molecule has 3 N–H and O–H groups in total. The second kappa shape index (κ2) is 7.04. The third kappa shape index (κ3) is 4.43. The number of carbonyl (C=O) groups is 2. The highest BCUT2D eigenvalue weighted by atomic mass is 16.2. The van der Waals surface area contributed by atoms with Crippen molar-refractivity contribution in [3.05, 3.63) is 47.0 Å². The van der Waals surface area contributed by atoms with Gasteiger partial charge in [-0.25, -0.2) is 0 Å². The van der Waals surface area contributed by atoms with Crippen LogP contribution in [-0.2, 0) is 0 Å². The molecule has 2 amide bonds. The van der Waals surface area contributed by atoms with Gasteiger partial charge in [-0.2, -0.15) is 0 Å². The Hall–Kier alpha value is -2.14. The van der Waals surface area contributed by atoms with Gasteiger partial charge in [-0.1, -0.05) is 11.6 Å². The predicted octanol–water partition coefficient (Wildman–Crippen LogP) is 1.17. The number of hydrogen-bond donors (Lipinski definition) is 2. The van der Waals surface area contributed by atoms with Gasteiger partial charge in [0.25, 0.3) is 5.91 Å². The van der Waals surface area contributed by atoms with Gasteiger partial charge in [0.1, 0.15) is 0 Å². The van der Waals surface area contributed by atoms with Crippen LogP contribution in [0.3, 0.4) is 0 Å². The van der Waals surface area contributed by atoms with E-state index in [0.29, 0.717) is 17.7 Å². The molecule has 0 saturated carbocycles. The number of amides is 2. The van der Waals surface area contributed by atoms with Crippen LogP contribution in [-0.4, -0.2) is 42.9 Å². The fourth-order valence-electron chi connectivity index (χ4n) is 2.23. The van der Waals surface area contributed by atoms with E-state index < -0.39 is 5.91 Å². The molecule has 0 bridgehead atoms. The van der Waals surface area contributed by atoms with E-state index >= 15 is 0 Å². The van der Waals surface area contributed by atoms with Gasteiger partial charge in [-0.15, -0.1) is 0 Å². The number of nitrogens with zero attached hydrogens (tertiary/aromatic N) is 1. The Balaban J connectivity index is 1.78. The van der Waals surface area contributed by atoms with E-state index in [4.69, 9.17) is 5.73 Å². The Morgan fingerprint density at radius 1 is 1.24 bits per heavy atom. The Labute approximate surface area is 124 Å². The van der Waals surface area contributed by atoms with Gasteiger partial charge < -0.3 is 11.1 Å². The first-order chi connectivity index (χ1) is 10.1. The van der Waals surface area contributed by atoms with Crippen LogP contribution in [0.15, 0.2) is 35.9 Å². The van der Waals surface area contributed by atoms with E-state index in [1.165, 1.54) is 5.57 Å². The normalized spacial score (nSPS) is 15.4. The van der Waals surface area contributed by atoms with Gasteiger partial charge >= 0.3 is 0 Å².